The van der Waals surface area contributed by atoms with Crippen molar-refractivity contribution in [2.75, 3.05) is 12.4 Å². The topological polar surface area (TPSA) is 51.2 Å². The van der Waals surface area contributed by atoms with E-state index in [9.17, 15) is 4.79 Å². The minimum absolute atomic E-state index is 0.133. The summed E-state index contributed by atoms with van der Waals surface area (Å²) in [7, 11) is 1.54. The molecular weight excluding hydrogens is 284 g/mol. The van der Waals surface area contributed by atoms with E-state index < -0.39 is 0 Å². The van der Waals surface area contributed by atoms with Crippen LogP contribution >= 0.6 is 22.9 Å². The van der Waals surface area contributed by atoms with Gasteiger partial charge in [0, 0.05) is 16.5 Å². The maximum absolute atomic E-state index is 11.9. The van der Waals surface area contributed by atoms with Gasteiger partial charge < -0.3 is 10.1 Å². The number of hydrogen-bond donors (Lipinski definition) is 1. The third kappa shape index (κ3) is 3.45. The second-order valence-electron chi connectivity index (χ2n) is 4.01. The predicted octanol–water partition coefficient (Wildman–Crippen LogP) is 3.29. The van der Waals surface area contributed by atoms with Crippen LogP contribution in [0.4, 0.5) is 5.69 Å². The molecule has 1 heterocycles. The summed E-state index contributed by atoms with van der Waals surface area (Å²) >= 11 is 7.48. The van der Waals surface area contributed by atoms with E-state index in [0.29, 0.717) is 16.5 Å². The van der Waals surface area contributed by atoms with Crippen LogP contribution in [0.1, 0.15) is 11.3 Å². The van der Waals surface area contributed by atoms with Crippen molar-refractivity contribution in [2.24, 2.45) is 0 Å². The third-order valence-corrected chi connectivity index (χ3v) is 3.62. The molecule has 1 N–H and O–H groups in total. The number of rotatable bonds is 4. The van der Waals surface area contributed by atoms with Crippen LogP contribution in [0.5, 0.6) is 5.75 Å². The minimum Gasteiger partial charge on any atom is -0.495 e. The monoisotopic (exact) mass is 296 g/mol. The van der Waals surface area contributed by atoms with E-state index in [4.69, 9.17) is 16.3 Å². The lowest BCUT2D eigenvalue weighted by atomic mass is 10.2. The fraction of sp³-hybridized carbons (Fsp3) is 0.231. The highest BCUT2D eigenvalue weighted by molar-refractivity contribution is 7.07. The average Bonchev–Trinajstić information content (AvgIpc) is 2.86. The van der Waals surface area contributed by atoms with Gasteiger partial charge in [-0.05, 0) is 18.6 Å². The van der Waals surface area contributed by atoms with Crippen molar-refractivity contribution in [1.29, 1.82) is 0 Å². The molecule has 0 aliphatic rings. The van der Waals surface area contributed by atoms with Gasteiger partial charge in [0.2, 0.25) is 5.91 Å². The van der Waals surface area contributed by atoms with Gasteiger partial charge in [0.15, 0.2) is 0 Å². The Morgan fingerprint density at radius 3 is 2.95 bits per heavy atom. The molecule has 2 aromatic rings. The molecule has 19 heavy (non-hydrogen) atoms. The van der Waals surface area contributed by atoms with Crippen molar-refractivity contribution in [3.05, 3.63) is 39.3 Å². The molecule has 0 atom stereocenters. The summed E-state index contributed by atoms with van der Waals surface area (Å²) in [5.74, 6) is 0.410. The van der Waals surface area contributed by atoms with E-state index in [1.54, 1.807) is 17.6 Å². The van der Waals surface area contributed by atoms with E-state index in [-0.39, 0.29) is 12.3 Å². The van der Waals surface area contributed by atoms with Crippen LogP contribution in [0.3, 0.4) is 0 Å². The SMILES string of the molecule is COc1cc(Cl)c(C)cc1NC(=O)Cc1cscn1. The fourth-order valence-electron chi connectivity index (χ4n) is 1.61. The molecule has 0 fully saturated rings. The first kappa shape index (κ1) is 13.8. The van der Waals surface area contributed by atoms with Crippen LogP contribution in [0.15, 0.2) is 23.0 Å². The van der Waals surface area contributed by atoms with Gasteiger partial charge in [-0.3, -0.25) is 4.79 Å². The number of carbonyl (C=O) groups excluding carboxylic acids is 1. The zero-order valence-electron chi connectivity index (χ0n) is 10.6. The van der Waals surface area contributed by atoms with Gasteiger partial charge in [-0.2, -0.15) is 0 Å². The number of carbonyl (C=O) groups is 1. The van der Waals surface area contributed by atoms with Gasteiger partial charge in [-0.25, -0.2) is 4.98 Å². The zero-order valence-corrected chi connectivity index (χ0v) is 12.1. The standard InChI is InChI=1S/C13H13ClN2O2S/c1-8-3-11(12(18-2)5-10(8)14)16-13(17)4-9-6-19-7-15-9/h3,5-7H,4H2,1-2H3,(H,16,17). The first-order chi connectivity index (χ1) is 9.10. The number of nitrogens with one attached hydrogen (secondary N) is 1. The smallest absolute Gasteiger partial charge is 0.230 e. The Hall–Kier alpha value is -1.59. The Morgan fingerprint density at radius 2 is 2.32 bits per heavy atom. The molecule has 0 aliphatic carbocycles. The molecular formula is C13H13ClN2O2S. The number of anilines is 1. The number of ether oxygens (including phenoxy) is 1. The number of aryl methyl sites for hydroxylation is 1. The molecule has 1 aromatic carbocycles. The highest BCUT2D eigenvalue weighted by Gasteiger charge is 2.11. The lowest BCUT2D eigenvalue weighted by Gasteiger charge is -2.11. The van der Waals surface area contributed by atoms with Crippen LogP contribution in [0.2, 0.25) is 5.02 Å². The van der Waals surface area contributed by atoms with Gasteiger partial charge in [-0.15, -0.1) is 11.3 Å². The molecule has 1 amide bonds. The number of amides is 1. The van der Waals surface area contributed by atoms with E-state index in [2.05, 4.69) is 10.3 Å². The molecule has 100 valence electrons. The molecule has 1 aromatic heterocycles. The molecule has 0 unspecified atom stereocenters. The molecule has 6 heteroatoms. The highest BCUT2D eigenvalue weighted by atomic mass is 35.5. The van der Waals surface area contributed by atoms with Gasteiger partial charge >= 0.3 is 0 Å². The highest BCUT2D eigenvalue weighted by Crippen LogP contribution is 2.30. The van der Waals surface area contributed by atoms with Crippen LogP contribution < -0.4 is 10.1 Å². The van der Waals surface area contributed by atoms with Gasteiger partial charge in [0.1, 0.15) is 5.75 Å². The van der Waals surface area contributed by atoms with E-state index in [1.807, 2.05) is 12.3 Å². The van der Waals surface area contributed by atoms with Crippen molar-refractivity contribution in [3.63, 3.8) is 0 Å². The molecule has 0 radical (unpaired) electrons. The Bertz CT molecular complexity index is 585. The van der Waals surface area contributed by atoms with E-state index >= 15 is 0 Å². The summed E-state index contributed by atoms with van der Waals surface area (Å²) in [6.45, 7) is 1.87. The first-order valence-corrected chi connectivity index (χ1v) is 6.93. The molecule has 4 nitrogen and oxygen atoms in total. The fourth-order valence-corrected chi connectivity index (χ4v) is 2.33. The molecule has 0 bridgehead atoms. The lowest BCUT2D eigenvalue weighted by Crippen LogP contribution is -2.15. The minimum atomic E-state index is -0.133. The summed E-state index contributed by atoms with van der Waals surface area (Å²) < 4.78 is 5.20. The largest absolute Gasteiger partial charge is 0.495 e. The zero-order chi connectivity index (χ0) is 13.8. The maximum atomic E-state index is 11.9. The third-order valence-electron chi connectivity index (χ3n) is 2.58. The summed E-state index contributed by atoms with van der Waals surface area (Å²) in [5.41, 5.74) is 3.96. The summed E-state index contributed by atoms with van der Waals surface area (Å²) in [6, 6.07) is 3.48. The second kappa shape index (κ2) is 6.04. The lowest BCUT2D eigenvalue weighted by molar-refractivity contribution is -0.115. The number of halogens is 1. The average molecular weight is 297 g/mol. The van der Waals surface area contributed by atoms with Gasteiger partial charge in [-0.1, -0.05) is 11.6 Å². The van der Waals surface area contributed by atoms with Crippen molar-refractivity contribution in [2.45, 2.75) is 13.3 Å². The summed E-state index contributed by atoms with van der Waals surface area (Å²) in [6.07, 6.45) is 0.244. The van der Waals surface area contributed by atoms with Crippen molar-refractivity contribution in [3.8, 4) is 5.75 Å². The Morgan fingerprint density at radius 1 is 1.53 bits per heavy atom. The van der Waals surface area contributed by atoms with Crippen LogP contribution in [-0.2, 0) is 11.2 Å². The maximum Gasteiger partial charge on any atom is 0.230 e. The molecule has 2 rings (SSSR count). The molecule has 0 aliphatic heterocycles. The number of hydrogen-bond acceptors (Lipinski definition) is 4. The number of thiazole rings is 1. The number of aromatic nitrogens is 1. The molecule has 0 saturated heterocycles. The molecule has 0 spiro atoms. The van der Waals surface area contributed by atoms with Crippen LogP contribution in [-0.4, -0.2) is 18.0 Å². The Kier molecular flexibility index (Phi) is 4.39. The van der Waals surface area contributed by atoms with Crippen molar-refractivity contribution >= 4 is 34.5 Å². The van der Waals surface area contributed by atoms with E-state index in [0.717, 1.165) is 11.3 Å². The summed E-state index contributed by atoms with van der Waals surface area (Å²) in [4.78, 5) is 16.0. The first-order valence-electron chi connectivity index (χ1n) is 5.61. The van der Waals surface area contributed by atoms with E-state index in [1.165, 1.54) is 18.4 Å². The van der Waals surface area contributed by atoms with Crippen LogP contribution in [0.25, 0.3) is 0 Å². The second-order valence-corrected chi connectivity index (χ2v) is 5.13. The predicted molar refractivity (Wildman–Crippen MR) is 77.2 cm³/mol. The normalized spacial score (nSPS) is 10.3. The Labute approximate surface area is 120 Å². The van der Waals surface area contributed by atoms with Crippen molar-refractivity contribution in [1.82, 2.24) is 4.98 Å². The Balaban J connectivity index is 2.14. The number of methoxy groups -OCH3 is 1. The quantitative estimate of drug-likeness (QED) is 0.942. The number of benzene rings is 1. The summed E-state index contributed by atoms with van der Waals surface area (Å²) in [5, 5.41) is 5.27. The van der Waals surface area contributed by atoms with Crippen molar-refractivity contribution < 1.29 is 9.53 Å². The number of nitrogens with zero attached hydrogens (tertiary/aromatic N) is 1. The van der Waals surface area contributed by atoms with Crippen LogP contribution in [0, 0.1) is 6.92 Å². The van der Waals surface area contributed by atoms with Gasteiger partial charge in [0.05, 0.1) is 30.4 Å². The molecule has 0 saturated carbocycles. The van der Waals surface area contributed by atoms with Gasteiger partial charge in [0.25, 0.3) is 0 Å².